The molecule has 120 valence electrons. The summed E-state index contributed by atoms with van der Waals surface area (Å²) >= 11 is 0. The molecule has 3 heteroatoms. The van der Waals surface area contributed by atoms with Gasteiger partial charge in [-0.2, -0.15) is 0 Å². The summed E-state index contributed by atoms with van der Waals surface area (Å²) < 4.78 is 0. The third-order valence-corrected chi connectivity index (χ3v) is 5.92. The van der Waals surface area contributed by atoms with Gasteiger partial charge in [-0.1, -0.05) is 36.8 Å². The van der Waals surface area contributed by atoms with Crippen molar-refractivity contribution >= 4 is 0 Å². The van der Waals surface area contributed by atoms with Gasteiger partial charge in [-0.05, 0) is 44.3 Å². The van der Waals surface area contributed by atoms with E-state index in [9.17, 15) is 0 Å². The van der Waals surface area contributed by atoms with Gasteiger partial charge in [0.25, 0.3) is 0 Å². The van der Waals surface area contributed by atoms with Crippen molar-refractivity contribution in [3.63, 3.8) is 0 Å². The minimum atomic E-state index is 0.685. The summed E-state index contributed by atoms with van der Waals surface area (Å²) in [5.74, 6) is 0. The molecule has 22 heavy (non-hydrogen) atoms. The van der Waals surface area contributed by atoms with Gasteiger partial charge < -0.3 is 5.32 Å². The van der Waals surface area contributed by atoms with Crippen molar-refractivity contribution in [2.45, 2.75) is 56.8 Å². The first-order chi connectivity index (χ1) is 10.9. The Morgan fingerprint density at radius 1 is 0.909 bits per heavy atom. The van der Waals surface area contributed by atoms with E-state index in [4.69, 9.17) is 0 Å². The second-order valence-electron chi connectivity index (χ2n) is 7.24. The molecule has 4 rings (SSSR count). The lowest BCUT2D eigenvalue weighted by Gasteiger charge is -2.50. The van der Waals surface area contributed by atoms with Crippen LogP contribution in [0.2, 0.25) is 0 Å². The Labute approximate surface area is 134 Å². The molecule has 1 N–H and O–H groups in total. The fraction of sp³-hybridized carbons (Fsp3) is 0.684. The molecule has 2 aliphatic heterocycles. The zero-order valence-electron chi connectivity index (χ0n) is 13.6. The van der Waals surface area contributed by atoms with Gasteiger partial charge in [0, 0.05) is 37.8 Å². The maximum Gasteiger partial charge on any atom is 0.0380 e. The van der Waals surface area contributed by atoms with Crippen LogP contribution in [0.3, 0.4) is 0 Å². The molecule has 0 unspecified atom stereocenters. The summed E-state index contributed by atoms with van der Waals surface area (Å²) in [6.45, 7) is 6.13. The van der Waals surface area contributed by atoms with E-state index in [-0.39, 0.29) is 0 Å². The molecule has 0 spiro atoms. The van der Waals surface area contributed by atoms with E-state index in [0.717, 1.165) is 25.2 Å². The van der Waals surface area contributed by atoms with E-state index in [1.807, 2.05) is 0 Å². The molecule has 1 aromatic carbocycles. The highest BCUT2D eigenvalue weighted by Gasteiger charge is 2.41. The Morgan fingerprint density at radius 2 is 1.68 bits per heavy atom. The Kier molecular flexibility index (Phi) is 4.47. The van der Waals surface area contributed by atoms with E-state index in [2.05, 4.69) is 45.4 Å². The first-order valence-electron chi connectivity index (χ1n) is 9.17. The van der Waals surface area contributed by atoms with Gasteiger partial charge in [0.1, 0.15) is 0 Å². The smallest absolute Gasteiger partial charge is 0.0380 e. The largest absolute Gasteiger partial charge is 0.310 e. The number of hydrogen-bond acceptors (Lipinski definition) is 3. The Bertz CT molecular complexity index is 469. The molecule has 3 nitrogen and oxygen atoms in total. The predicted octanol–water partition coefficient (Wildman–Crippen LogP) is 2.48. The van der Waals surface area contributed by atoms with Crippen molar-refractivity contribution < 1.29 is 0 Å². The van der Waals surface area contributed by atoms with Gasteiger partial charge in [-0.3, -0.25) is 9.80 Å². The number of likely N-dealkylation sites (tertiary alicyclic amines) is 1. The van der Waals surface area contributed by atoms with Gasteiger partial charge in [0.2, 0.25) is 0 Å². The Hall–Kier alpha value is -0.900. The van der Waals surface area contributed by atoms with E-state index >= 15 is 0 Å². The number of benzene rings is 1. The molecule has 3 atom stereocenters. The molecular formula is C19H29N3. The quantitative estimate of drug-likeness (QED) is 0.925. The van der Waals surface area contributed by atoms with Crippen LogP contribution >= 0.6 is 0 Å². The highest BCUT2D eigenvalue weighted by atomic mass is 15.3. The number of nitrogens with one attached hydrogen (secondary N) is 1. The lowest BCUT2D eigenvalue weighted by atomic mass is 9.82. The van der Waals surface area contributed by atoms with Crippen molar-refractivity contribution in [1.82, 2.24) is 15.1 Å². The van der Waals surface area contributed by atoms with Crippen LogP contribution in [0.4, 0.5) is 0 Å². The average Bonchev–Trinajstić information content (AvgIpc) is 3.10. The number of rotatable bonds is 3. The standard InChI is InChI=1S/C19H29N3/c1-2-7-16(8-3-1)15-22-14-11-20-19-17(9-6-10-18(19)22)21-12-4-5-13-21/h1-3,7-8,17-20H,4-6,9-15H2/t17-,18-,19-/m0/s1. The van der Waals surface area contributed by atoms with Gasteiger partial charge in [0.05, 0.1) is 0 Å². The zero-order valence-corrected chi connectivity index (χ0v) is 13.6. The molecule has 1 saturated carbocycles. The predicted molar refractivity (Wildman–Crippen MR) is 90.9 cm³/mol. The number of fused-ring (bicyclic) bond motifs is 1. The van der Waals surface area contributed by atoms with Crippen LogP contribution in [-0.4, -0.2) is 54.1 Å². The lowest BCUT2D eigenvalue weighted by molar-refractivity contribution is 0.0278. The van der Waals surface area contributed by atoms with Crippen LogP contribution in [0.25, 0.3) is 0 Å². The molecular weight excluding hydrogens is 270 g/mol. The SMILES string of the molecule is c1ccc(CN2CCN[C@H]3[C@@H](N4CCCC4)CCC[C@@H]32)cc1. The summed E-state index contributed by atoms with van der Waals surface area (Å²) in [6, 6.07) is 13.2. The second kappa shape index (κ2) is 6.69. The minimum Gasteiger partial charge on any atom is -0.310 e. The summed E-state index contributed by atoms with van der Waals surface area (Å²) in [5.41, 5.74) is 1.46. The summed E-state index contributed by atoms with van der Waals surface area (Å²) in [7, 11) is 0. The zero-order chi connectivity index (χ0) is 14.8. The molecule has 1 aromatic rings. The van der Waals surface area contributed by atoms with Gasteiger partial charge >= 0.3 is 0 Å². The van der Waals surface area contributed by atoms with E-state index in [1.54, 1.807) is 0 Å². The third-order valence-electron chi connectivity index (χ3n) is 5.92. The topological polar surface area (TPSA) is 18.5 Å². The van der Waals surface area contributed by atoms with E-state index < -0.39 is 0 Å². The van der Waals surface area contributed by atoms with Crippen LogP contribution in [0, 0.1) is 0 Å². The minimum absolute atomic E-state index is 0.685. The first-order valence-corrected chi connectivity index (χ1v) is 9.17. The van der Waals surface area contributed by atoms with Crippen LogP contribution in [0.15, 0.2) is 30.3 Å². The first kappa shape index (κ1) is 14.7. The molecule has 1 aliphatic carbocycles. The highest BCUT2D eigenvalue weighted by molar-refractivity contribution is 5.15. The summed E-state index contributed by atoms with van der Waals surface area (Å²) in [6.07, 6.45) is 6.97. The molecule has 0 radical (unpaired) electrons. The van der Waals surface area contributed by atoms with E-state index in [1.165, 1.54) is 57.3 Å². The molecule has 2 heterocycles. The van der Waals surface area contributed by atoms with Crippen molar-refractivity contribution in [2.75, 3.05) is 26.2 Å². The lowest BCUT2D eigenvalue weighted by Crippen LogP contribution is -2.66. The van der Waals surface area contributed by atoms with Crippen molar-refractivity contribution in [2.24, 2.45) is 0 Å². The third kappa shape index (κ3) is 2.94. The van der Waals surface area contributed by atoms with Gasteiger partial charge in [-0.25, -0.2) is 0 Å². The maximum atomic E-state index is 3.88. The van der Waals surface area contributed by atoms with Crippen molar-refractivity contribution in [1.29, 1.82) is 0 Å². The molecule has 0 bridgehead atoms. The molecule has 0 amide bonds. The second-order valence-corrected chi connectivity index (χ2v) is 7.24. The Morgan fingerprint density at radius 3 is 2.50 bits per heavy atom. The number of nitrogens with zero attached hydrogens (tertiary/aromatic N) is 2. The summed E-state index contributed by atoms with van der Waals surface area (Å²) in [4.78, 5) is 5.52. The van der Waals surface area contributed by atoms with Crippen LogP contribution in [0.1, 0.15) is 37.7 Å². The molecule has 2 saturated heterocycles. The monoisotopic (exact) mass is 299 g/mol. The Balaban J connectivity index is 1.48. The summed E-state index contributed by atoms with van der Waals surface area (Å²) in [5, 5.41) is 3.88. The highest BCUT2D eigenvalue weighted by Crippen LogP contribution is 2.31. The van der Waals surface area contributed by atoms with E-state index in [0.29, 0.717) is 6.04 Å². The van der Waals surface area contributed by atoms with Crippen LogP contribution in [0.5, 0.6) is 0 Å². The molecule has 3 aliphatic rings. The van der Waals surface area contributed by atoms with Gasteiger partial charge in [0.15, 0.2) is 0 Å². The number of piperazine rings is 1. The van der Waals surface area contributed by atoms with Gasteiger partial charge in [-0.15, -0.1) is 0 Å². The average molecular weight is 299 g/mol. The fourth-order valence-electron chi connectivity index (χ4n) is 4.87. The van der Waals surface area contributed by atoms with Crippen LogP contribution < -0.4 is 5.32 Å². The maximum absolute atomic E-state index is 3.88. The van der Waals surface area contributed by atoms with Crippen molar-refractivity contribution in [3.8, 4) is 0 Å². The van der Waals surface area contributed by atoms with Crippen molar-refractivity contribution in [3.05, 3.63) is 35.9 Å². The molecule has 3 fully saturated rings. The number of hydrogen-bond donors (Lipinski definition) is 1. The fourth-order valence-corrected chi connectivity index (χ4v) is 4.87. The normalized spacial score (nSPS) is 33.7. The van der Waals surface area contributed by atoms with Crippen LogP contribution in [-0.2, 0) is 6.54 Å². The molecule has 0 aromatic heterocycles.